The Morgan fingerprint density at radius 1 is 1.16 bits per heavy atom. The molecule has 0 aliphatic heterocycles. The van der Waals surface area contributed by atoms with Gasteiger partial charge in [0.2, 0.25) is 11.8 Å². The van der Waals surface area contributed by atoms with Gasteiger partial charge in [-0.1, -0.05) is 32.8 Å². The SMILES string of the molecule is CC(C)CCN(C(=O)CNC(=O)c1cccs1)[C@@H](C(=O)NC1CCCC1)c1ccncc1. The number of rotatable bonds is 10. The van der Waals surface area contributed by atoms with Crippen LogP contribution in [-0.2, 0) is 9.59 Å². The fourth-order valence-corrected chi connectivity index (χ4v) is 4.56. The van der Waals surface area contributed by atoms with Crippen molar-refractivity contribution in [2.45, 2.75) is 58.0 Å². The minimum atomic E-state index is -0.761. The van der Waals surface area contributed by atoms with Crippen molar-refractivity contribution >= 4 is 29.1 Å². The van der Waals surface area contributed by atoms with Gasteiger partial charge in [-0.25, -0.2) is 0 Å². The maximum Gasteiger partial charge on any atom is 0.261 e. The summed E-state index contributed by atoms with van der Waals surface area (Å²) in [5.74, 6) is -0.376. The van der Waals surface area contributed by atoms with Gasteiger partial charge in [0.25, 0.3) is 5.91 Å². The van der Waals surface area contributed by atoms with Crippen molar-refractivity contribution in [3.05, 3.63) is 52.5 Å². The number of amides is 3. The summed E-state index contributed by atoms with van der Waals surface area (Å²) in [4.78, 5) is 45.3. The average Bonchev–Trinajstić information content (AvgIpc) is 3.49. The van der Waals surface area contributed by atoms with E-state index in [1.807, 2.05) is 5.38 Å². The van der Waals surface area contributed by atoms with Crippen molar-refractivity contribution in [2.75, 3.05) is 13.1 Å². The first-order chi connectivity index (χ1) is 15.5. The van der Waals surface area contributed by atoms with E-state index in [-0.39, 0.29) is 30.3 Å². The van der Waals surface area contributed by atoms with Crippen LogP contribution in [0.3, 0.4) is 0 Å². The molecule has 2 aromatic rings. The maximum absolute atomic E-state index is 13.4. The lowest BCUT2D eigenvalue weighted by atomic mass is 10.0. The molecule has 1 saturated carbocycles. The lowest BCUT2D eigenvalue weighted by Crippen LogP contribution is -2.49. The molecule has 3 rings (SSSR count). The number of thiophene rings is 1. The molecule has 2 N–H and O–H groups in total. The van der Waals surface area contributed by atoms with Crippen LogP contribution in [0.15, 0.2) is 42.0 Å². The fourth-order valence-electron chi connectivity index (χ4n) is 3.92. The van der Waals surface area contributed by atoms with Crippen LogP contribution in [0.25, 0.3) is 0 Å². The Balaban J connectivity index is 1.80. The molecule has 3 amide bonds. The molecule has 0 unspecified atom stereocenters. The topological polar surface area (TPSA) is 91.4 Å². The van der Waals surface area contributed by atoms with Gasteiger partial charge in [-0.05, 0) is 54.3 Å². The molecular formula is C24H32N4O3S. The molecule has 7 nitrogen and oxygen atoms in total. The third-order valence-electron chi connectivity index (χ3n) is 5.70. The van der Waals surface area contributed by atoms with Gasteiger partial charge in [-0.3, -0.25) is 19.4 Å². The second kappa shape index (κ2) is 11.8. The van der Waals surface area contributed by atoms with Gasteiger partial charge in [-0.15, -0.1) is 11.3 Å². The number of hydrogen-bond donors (Lipinski definition) is 2. The van der Waals surface area contributed by atoms with E-state index in [0.717, 1.165) is 37.7 Å². The largest absolute Gasteiger partial charge is 0.351 e. The summed E-state index contributed by atoms with van der Waals surface area (Å²) < 4.78 is 0. The number of nitrogens with one attached hydrogen (secondary N) is 2. The molecular weight excluding hydrogens is 424 g/mol. The third kappa shape index (κ3) is 6.63. The Bertz CT molecular complexity index is 880. The monoisotopic (exact) mass is 456 g/mol. The highest BCUT2D eigenvalue weighted by Gasteiger charge is 2.33. The zero-order chi connectivity index (χ0) is 22.9. The number of pyridine rings is 1. The van der Waals surface area contributed by atoms with Crippen molar-refractivity contribution in [2.24, 2.45) is 5.92 Å². The Morgan fingerprint density at radius 3 is 2.50 bits per heavy atom. The summed E-state index contributed by atoms with van der Waals surface area (Å²) in [6.45, 7) is 4.44. The molecule has 1 fully saturated rings. The second-order valence-electron chi connectivity index (χ2n) is 8.60. The van der Waals surface area contributed by atoms with Gasteiger partial charge >= 0.3 is 0 Å². The van der Waals surface area contributed by atoms with E-state index in [2.05, 4.69) is 29.5 Å². The third-order valence-corrected chi connectivity index (χ3v) is 6.56. The van der Waals surface area contributed by atoms with Crippen LogP contribution in [0, 0.1) is 5.92 Å². The molecule has 0 saturated heterocycles. The number of carbonyl (C=O) groups is 3. The molecule has 0 radical (unpaired) electrons. The quantitative estimate of drug-likeness (QED) is 0.572. The number of hydrogen-bond acceptors (Lipinski definition) is 5. The van der Waals surface area contributed by atoms with Crippen molar-refractivity contribution in [1.82, 2.24) is 20.5 Å². The molecule has 0 aromatic carbocycles. The molecule has 8 heteroatoms. The summed E-state index contributed by atoms with van der Waals surface area (Å²) in [7, 11) is 0. The van der Waals surface area contributed by atoms with Crippen LogP contribution in [-0.4, -0.2) is 46.7 Å². The molecule has 1 atom stereocenters. The van der Waals surface area contributed by atoms with Crippen LogP contribution in [0.1, 0.15) is 67.2 Å². The van der Waals surface area contributed by atoms with E-state index in [1.54, 1.807) is 41.6 Å². The van der Waals surface area contributed by atoms with E-state index in [1.165, 1.54) is 11.3 Å². The van der Waals surface area contributed by atoms with Crippen molar-refractivity contribution in [3.8, 4) is 0 Å². The molecule has 0 bridgehead atoms. The lowest BCUT2D eigenvalue weighted by molar-refractivity contribution is -0.140. The van der Waals surface area contributed by atoms with Crippen LogP contribution in [0.2, 0.25) is 0 Å². The number of nitrogens with zero attached hydrogens (tertiary/aromatic N) is 2. The normalized spacial score (nSPS) is 14.8. The van der Waals surface area contributed by atoms with Crippen molar-refractivity contribution in [3.63, 3.8) is 0 Å². The van der Waals surface area contributed by atoms with Gasteiger partial charge in [0.1, 0.15) is 6.04 Å². The molecule has 1 aliphatic rings. The predicted octanol–water partition coefficient (Wildman–Crippen LogP) is 3.55. The summed E-state index contributed by atoms with van der Waals surface area (Å²) in [5, 5.41) is 7.67. The van der Waals surface area contributed by atoms with E-state index in [4.69, 9.17) is 0 Å². The molecule has 1 aliphatic carbocycles. The van der Waals surface area contributed by atoms with Crippen molar-refractivity contribution < 1.29 is 14.4 Å². The van der Waals surface area contributed by atoms with E-state index in [9.17, 15) is 14.4 Å². The highest BCUT2D eigenvalue weighted by molar-refractivity contribution is 7.12. The standard InChI is InChI=1S/C24H32N4O3S/c1-17(2)11-14-28(21(29)16-26-23(30)20-8-5-15-32-20)22(18-9-12-25-13-10-18)24(31)27-19-6-3-4-7-19/h5,8-10,12-13,15,17,19,22H,3-4,6-7,11,14,16H2,1-2H3,(H,26,30)(H,27,31)/t22-/m1/s1. The summed E-state index contributed by atoms with van der Waals surface area (Å²) in [6.07, 6.45) is 8.16. The second-order valence-corrected chi connectivity index (χ2v) is 9.55. The zero-order valence-electron chi connectivity index (χ0n) is 18.8. The van der Waals surface area contributed by atoms with E-state index < -0.39 is 6.04 Å². The highest BCUT2D eigenvalue weighted by Crippen LogP contribution is 2.25. The van der Waals surface area contributed by atoms with Crippen LogP contribution in [0.5, 0.6) is 0 Å². The van der Waals surface area contributed by atoms with Gasteiger partial charge in [0, 0.05) is 25.0 Å². The lowest BCUT2D eigenvalue weighted by Gasteiger charge is -2.33. The highest BCUT2D eigenvalue weighted by atomic mass is 32.1. The minimum absolute atomic E-state index is 0.146. The van der Waals surface area contributed by atoms with Crippen LogP contribution >= 0.6 is 11.3 Å². The first kappa shape index (κ1) is 23.9. The van der Waals surface area contributed by atoms with Gasteiger partial charge in [0.15, 0.2) is 0 Å². The Labute approximate surface area is 193 Å². The Kier molecular flexibility index (Phi) is 8.79. The molecule has 172 valence electrons. The van der Waals surface area contributed by atoms with Gasteiger partial charge in [0.05, 0.1) is 11.4 Å². The van der Waals surface area contributed by atoms with E-state index in [0.29, 0.717) is 17.3 Å². The molecule has 0 spiro atoms. The maximum atomic E-state index is 13.4. The first-order valence-corrected chi connectivity index (χ1v) is 12.1. The van der Waals surface area contributed by atoms with Crippen molar-refractivity contribution in [1.29, 1.82) is 0 Å². The smallest absolute Gasteiger partial charge is 0.261 e. The van der Waals surface area contributed by atoms with Gasteiger partial charge in [-0.2, -0.15) is 0 Å². The molecule has 2 heterocycles. The average molecular weight is 457 g/mol. The summed E-state index contributed by atoms with van der Waals surface area (Å²) in [5.41, 5.74) is 0.720. The van der Waals surface area contributed by atoms with Crippen LogP contribution < -0.4 is 10.6 Å². The minimum Gasteiger partial charge on any atom is -0.351 e. The number of carbonyl (C=O) groups excluding carboxylic acids is 3. The van der Waals surface area contributed by atoms with Crippen LogP contribution in [0.4, 0.5) is 0 Å². The Morgan fingerprint density at radius 2 is 1.88 bits per heavy atom. The Hall–Kier alpha value is -2.74. The fraction of sp³-hybridized carbons (Fsp3) is 0.500. The summed E-state index contributed by atoms with van der Waals surface area (Å²) in [6, 6.07) is 6.45. The predicted molar refractivity (Wildman–Crippen MR) is 125 cm³/mol. The summed E-state index contributed by atoms with van der Waals surface area (Å²) >= 11 is 1.32. The molecule has 32 heavy (non-hydrogen) atoms. The zero-order valence-corrected chi connectivity index (χ0v) is 19.6. The van der Waals surface area contributed by atoms with Gasteiger partial charge < -0.3 is 15.5 Å². The first-order valence-electron chi connectivity index (χ1n) is 11.3. The molecule has 2 aromatic heterocycles. The van der Waals surface area contributed by atoms with E-state index >= 15 is 0 Å². The number of aromatic nitrogens is 1.